The molecule has 0 aliphatic heterocycles. The van der Waals surface area contributed by atoms with Gasteiger partial charge in [0.05, 0.1) is 0 Å². The number of hydrogen-bond acceptors (Lipinski definition) is 2. The van der Waals surface area contributed by atoms with Crippen LogP contribution in [0.15, 0.2) is 18.2 Å². The minimum atomic E-state index is -4.05. The Kier molecular flexibility index (Phi) is 4.91. The molecule has 0 radical (unpaired) electrons. The molecule has 0 saturated carbocycles. The van der Waals surface area contributed by atoms with E-state index in [1.807, 2.05) is 6.07 Å². The van der Waals surface area contributed by atoms with E-state index in [1.54, 1.807) is 12.1 Å². The highest BCUT2D eigenvalue weighted by Crippen LogP contribution is 2.31. The molecule has 0 aromatic heterocycles. The minimum Gasteiger partial charge on any atom is -0.508 e. The molecule has 20 heavy (non-hydrogen) atoms. The van der Waals surface area contributed by atoms with Gasteiger partial charge in [-0.05, 0) is 61.9 Å². The third kappa shape index (κ3) is 4.40. The number of aromatic hydroxyl groups is 1. The quantitative estimate of drug-likeness (QED) is 0.799. The van der Waals surface area contributed by atoms with Gasteiger partial charge in [-0.25, -0.2) is 0 Å². The van der Waals surface area contributed by atoms with Gasteiger partial charge in [0.25, 0.3) is 0 Å². The van der Waals surface area contributed by atoms with Crippen LogP contribution in [-0.4, -0.2) is 17.8 Å². The van der Waals surface area contributed by atoms with Gasteiger partial charge in [-0.3, -0.25) is 0 Å². The van der Waals surface area contributed by atoms with Crippen molar-refractivity contribution in [3.63, 3.8) is 0 Å². The van der Waals surface area contributed by atoms with Gasteiger partial charge in [-0.15, -0.1) is 0 Å². The smallest absolute Gasteiger partial charge is 0.389 e. The molecule has 2 N–H and O–H groups in total. The molecule has 112 valence electrons. The maximum absolute atomic E-state index is 12.0. The summed E-state index contributed by atoms with van der Waals surface area (Å²) in [5, 5.41) is 12.8. The van der Waals surface area contributed by atoms with Crippen molar-refractivity contribution in [3.8, 4) is 5.75 Å². The number of aryl methyl sites for hydroxylation is 1. The summed E-state index contributed by atoms with van der Waals surface area (Å²) < 4.78 is 36.1. The normalized spacial score (nSPS) is 18.9. The van der Waals surface area contributed by atoms with Gasteiger partial charge in [-0.2, -0.15) is 13.2 Å². The summed E-state index contributed by atoms with van der Waals surface area (Å²) in [5.74, 6) is 0.273. The predicted molar refractivity (Wildman–Crippen MR) is 71.7 cm³/mol. The Morgan fingerprint density at radius 3 is 2.80 bits per heavy atom. The van der Waals surface area contributed by atoms with E-state index in [0.717, 1.165) is 24.8 Å². The highest BCUT2D eigenvalue weighted by atomic mass is 19.4. The van der Waals surface area contributed by atoms with E-state index >= 15 is 0 Å². The zero-order chi connectivity index (χ0) is 14.6. The van der Waals surface area contributed by atoms with E-state index in [4.69, 9.17) is 0 Å². The van der Waals surface area contributed by atoms with Gasteiger partial charge >= 0.3 is 6.18 Å². The Hall–Kier alpha value is -1.23. The van der Waals surface area contributed by atoms with Crippen molar-refractivity contribution in [2.45, 2.75) is 50.7 Å². The molecular weight excluding hydrogens is 267 g/mol. The predicted octanol–water partition coefficient (Wildman–Crippen LogP) is 4.09. The number of alkyl halides is 3. The maximum atomic E-state index is 12.0. The lowest BCUT2D eigenvalue weighted by Crippen LogP contribution is -2.26. The number of phenols is 1. The third-order valence-corrected chi connectivity index (χ3v) is 3.72. The molecule has 1 atom stereocenters. The number of hydrogen-bond donors (Lipinski definition) is 2. The molecule has 1 aliphatic rings. The summed E-state index contributed by atoms with van der Waals surface area (Å²) in [6.45, 7) is 0.598. The van der Waals surface area contributed by atoms with Crippen LogP contribution in [0.2, 0.25) is 0 Å². The Labute approximate surface area is 117 Å². The van der Waals surface area contributed by atoms with Gasteiger partial charge in [0.15, 0.2) is 0 Å². The Morgan fingerprint density at radius 2 is 2.05 bits per heavy atom. The zero-order valence-electron chi connectivity index (χ0n) is 11.3. The first-order chi connectivity index (χ1) is 9.46. The fraction of sp³-hybridized carbons (Fsp3) is 0.600. The topological polar surface area (TPSA) is 32.3 Å². The SMILES string of the molecule is Oc1ccc2c(c1)CCCC2NCCCCC(F)(F)F. The molecule has 5 heteroatoms. The summed E-state index contributed by atoms with van der Waals surface area (Å²) in [6.07, 6.45) is -1.06. The van der Waals surface area contributed by atoms with E-state index in [2.05, 4.69) is 5.32 Å². The van der Waals surface area contributed by atoms with Crippen LogP contribution in [0.1, 0.15) is 49.3 Å². The van der Waals surface area contributed by atoms with Crippen molar-refractivity contribution in [3.05, 3.63) is 29.3 Å². The van der Waals surface area contributed by atoms with E-state index in [9.17, 15) is 18.3 Å². The Bertz CT molecular complexity index is 445. The van der Waals surface area contributed by atoms with Crippen LogP contribution in [0.3, 0.4) is 0 Å². The van der Waals surface area contributed by atoms with Crippen LogP contribution in [0.5, 0.6) is 5.75 Å². The molecule has 2 rings (SSSR count). The summed E-state index contributed by atoms with van der Waals surface area (Å²) >= 11 is 0. The van der Waals surface area contributed by atoms with Crippen molar-refractivity contribution < 1.29 is 18.3 Å². The maximum Gasteiger partial charge on any atom is 0.389 e. The molecule has 1 unspecified atom stereocenters. The molecule has 0 fully saturated rings. The standard InChI is InChI=1S/C15H20F3NO/c16-15(17,18)8-1-2-9-19-14-5-3-4-11-10-12(20)6-7-13(11)14/h6-7,10,14,19-20H,1-5,8-9H2. The monoisotopic (exact) mass is 287 g/mol. The number of halogens is 3. The van der Waals surface area contributed by atoms with Gasteiger partial charge < -0.3 is 10.4 Å². The summed E-state index contributed by atoms with van der Waals surface area (Å²) in [6, 6.07) is 5.57. The van der Waals surface area contributed by atoms with E-state index in [-0.39, 0.29) is 18.2 Å². The zero-order valence-corrected chi connectivity index (χ0v) is 11.3. The van der Waals surface area contributed by atoms with Crippen LogP contribution in [-0.2, 0) is 6.42 Å². The molecule has 0 spiro atoms. The molecule has 1 aliphatic carbocycles. The van der Waals surface area contributed by atoms with Crippen LogP contribution >= 0.6 is 0 Å². The lowest BCUT2D eigenvalue weighted by molar-refractivity contribution is -0.135. The summed E-state index contributed by atoms with van der Waals surface area (Å²) in [4.78, 5) is 0. The van der Waals surface area contributed by atoms with Crippen LogP contribution in [0.4, 0.5) is 13.2 Å². The van der Waals surface area contributed by atoms with Crippen LogP contribution in [0.25, 0.3) is 0 Å². The van der Waals surface area contributed by atoms with E-state index in [0.29, 0.717) is 13.0 Å². The summed E-state index contributed by atoms with van der Waals surface area (Å²) in [5.41, 5.74) is 2.31. The van der Waals surface area contributed by atoms with Crippen LogP contribution < -0.4 is 5.32 Å². The summed E-state index contributed by atoms with van der Waals surface area (Å²) in [7, 11) is 0. The fourth-order valence-corrected chi connectivity index (χ4v) is 2.74. The molecule has 0 bridgehead atoms. The van der Waals surface area contributed by atoms with Crippen molar-refractivity contribution in [1.82, 2.24) is 5.32 Å². The van der Waals surface area contributed by atoms with Crippen LogP contribution in [0, 0.1) is 0 Å². The van der Waals surface area contributed by atoms with Crippen molar-refractivity contribution in [1.29, 1.82) is 0 Å². The molecule has 1 aromatic carbocycles. The van der Waals surface area contributed by atoms with Crippen molar-refractivity contribution >= 4 is 0 Å². The lowest BCUT2D eigenvalue weighted by atomic mass is 9.87. The van der Waals surface area contributed by atoms with Gasteiger partial charge in [0.1, 0.15) is 5.75 Å². The Balaban J connectivity index is 1.80. The number of nitrogens with one attached hydrogen (secondary N) is 1. The highest BCUT2D eigenvalue weighted by Gasteiger charge is 2.26. The molecular formula is C15H20F3NO. The van der Waals surface area contributed by atoms with Crippen molar-refractivity contribution in [2.24, 2.45) is 0 Å². The number of fused-ring (bicyclic) bond motifs is 1. The molecule has 1 aromatic rings. The number of phenolic OH excluding ortho intramolecular Hbond substituents is 1. The average molecular weight is 287 g/mol. The first-order valence-corrected chi connectivity index (χ1v) is 7.07. The molecule has 0 amide bonds. The second-order valence-electron chi connectivity index (χ2n) is 5.35. The second-order valence-corrected chi connectivity index (χ2v) is 5.35. The molecule has 0 saturated heterocycles. The minimum absolute atomic E-state index is 0.172. The van der Waals surface area contributed by atoms with Gasteiger partial charge in [0, 0.05) is 12.5 Å². The fourth-order valence-electron chi connectivity index (χ4n) is 2.74. The van der Waals surface area contributed by atoms with Crippen molar-refractivity contribution in [2.75, 3.05) is 6.54 Å². The highest BCUT2D eigenvalue weighted by molar-refractivity contribution is 5.38. The van der Waals surface area contributed by atoms with E-state index < -0.39 is 12.6 Å². The Morgan fingerprint density at radius 1 is 1.25 bits per heavy atom. The number of rotatable bonds is 5. The molecule has 2 nitrogen and oxygen atoms in total. The lowest BCUT2D eigenvalue weighted by Gasteiger charge is -2.26. The van der Waals surface area contributed by atoms with E-state index in [1.165, 1.54) is 5.56 Å². The van der Waals surface area contributed by atoms with Gasteiger partial charge in [-0.1, -0.05) is 6.07 Å². The number of unbranched alkanes of at least 4 members (excludes halogenated alkanes) is 1. The van der Waals surface area contributed by atoms with Gasteiger partial charge in [0.2, 0.25) is 0 Å². The largest absolute Gasteiger partial charge is 0.508 e. The first kappa shape index (κ1) is 15.2. The second kappa shape index (κ2) is 6.48. The number of benzene rings is 1. The first-order valence-electron chi connectivity index (χ1n) is 7.07. The molecule has 0 heterocycles. The average Bonchev–Trinajstić information content (AvgIpc) is 2.36. The third-order valence-electron chi connectivity index (χ3n) is 3.72.